The van der Waals surface area contributed by atoms with Crippen molar-refractivity contribution in [2.75, 3.05) is 0 Å². The lowest BCUT2D eigenvalue weighted by molar-refractivity contribution is -0.173. The van der Waals surface area contributed by atoms with Gasteiger partial charge in [-0.2, -0.15) is 0 Å². The maximum Gasteiger partial charge on any atom is 0.304 e. The molecule has 2 aliphatic heterocycles. The number of ether oxygens (including phenoxy) is 2. The SMILES string of the molecule is C/C=C1\O[C@@H]2CC(=O)N2C1OC(C)=O. The van der Waals surface area contributed by atoms with E-state index in [4.69, 9.17) is 9.47 Å². The summed E-state index contributed by atoms with van der Waals surface area (Å²) >= 11 is 0. The van der Waals surface area contributed by atoms with Gasteiger partial charge in [0.2, 0.25) is 12.1 Å². The highest BCUT2D eigenvalue weighted by Gasteiger charge is 2.52. The zero-order valence-electron chi connectivity index (χ0n) is 8.02. The number of allylic oxidation sites excluding steroid dienone is 1. The largest absolute Gasteiger partial charge is 0.468 e. The number of carbonyl (C=O) groups excluding carboxylic acids is 2. The molecule has 2 aliphatic rings. The van der Waals surface area contributed by atoms with Crippen molar-refractivity contribution in [2.24, 2.45) is 0 Å². The molecule has 0 saturated carbocycles. The van der Waals surface area contributed by atoms with E-state index in [0.717, 1.165) is 0 Å². The van der Waals surface area contributed by atoms with Crippen LogP contribution in [0.2, 0.25) is 0 Å². The highest BCUT2D eigenvalue weighted by Crippen LogP contribution is 2.36. The number of β-lactam (4-membered cyclic amide) rings is 1. The number of hydrogen-bond donors (Lipinski definition) is 0. The van der Waals surface area contributed by atoms with Gasteiger partial charge in [-0.15, -0.1) is 0 Å². The fraction of sp³-hybridized carbons (Fsp3) is 0.556. The minimum Gasteiger partial charge on any atom is -0.468 e. The van der Waals surface area contributed by atoms with Gasteiger partial charge in [-0.25, -0.2) is 0 Å². The minimum absolute atomic E-state index is 0.0434. The molecule has 1 amide bonds. The standard InChI is InChI=1S/C9H11NO4/c1-3-6-9(13-5(2)11)10-7(12)4-8(10)14-6/h3,8-9H,4H2,1-2H3/b6-3-/t8-,9?/m1/s1. The van der Waals surface area contributed by atoms with Crippen LogP contribution in [0.25, 0.3) is 0 Å². The van der Waals surface area contributed by atoms with Gasteiger partial charge >= 0.3 is 5.97 Å². The fourth-order valence-electron chi connectivity index (χ4n) is 1.62. The molecule has 5 heteroatoms. The van der Waals surface area contributed by atoms with Gasteiger partial charge in [0.25, 0.3) is 0 Å². The molecule has 0 spiro atoms. The quantitative estimate of drug-likeness (QED) is 0.450. The molecule has 76 valence electrons. The third-order valence-corrected chi connectivity index (χ3v) is 2.28. The zero-order valence-corrected chi connectivity index (χ0v) is 8.02. The van der Waals surface area contributed by atoms with E-state index < -0.39 is 12.2 Å². The van der Waals surface area contributed by atoms with Crippen molar-refractivity contribution in [1.82, 2.24) is 4.90 Å². The minimum atomic E-state index is -0.649. The Morgan fingerprint density at radius 2 is 2.43 bits per heavy atom. The maximum absolute atomic E-state index is 11.2. The normalized spacial score (nSPS) is 32.3. The van der Waals surface area contributed by atoms with E-state index in [2.05, 4.69) is 0 Å². The molecule has 0 aromatic carbocycles. The van der Waals surface area contributed by atoms with Crippen LogP contribution < -0.4 is 0 Å². The highest BCUT2D eigenvalue weighted by molar-refractivity contribution is 5.84. The summed E-state index contributed by atoms with van der Waals surface area (Å²) in [7, 11) is 0. The van der Waals surface area contributed by atoms with Crippen molar-refractivity contribution < 1.29 is 19.1 Å². The second kappa shape index (κ2) is 3.01. The molecule has 0 aromatic rings. The predicted octanol–water partition coefficient (Wildman–Crippen LogP) is 0.368. The Labute approximate surface area is 81.3 Å². The Kier molecular flexibility index (Phi) is 1.94. The number of nitrogens with zero attached hydrogens (tertiary/aromatic N) is 1. The molecule has 2 atom stereocenters. The third-order valence-electron chi connectivity index (χ3n) is 2.28. The first-order valence-electron chi connectivity index (χ1n) is 4.44. The summed E-state index contributed by atoms with van der Waals surface area (Å²) in [5, 5.41) is 0. The van der Waals surface area contributed by atoms with Gasteiger partial charge < -0.3 is 9.47 Å². The van der Waals surface area contributed by atoms with Crippen LogP contribution in [-0.2, 0) is 19.1 Å². The molecule has 1 unspecified atom stereocenters. The molecule has 2 fully saturated rings. The molecule has 0 aromatic heterocycles. The van der Waals surface area contributed by atoms with E-state index in [9.17, 15) is 9.59 Å². The summed E-state index contributed by atoms with van der Waals surface area (Å²) in [6.07, 6.45) is 1.19. The summed E-state index contributed by atoms with van der Waals surface area (Å²) in [6, 6.07) is 0. The fourth-order valence-corrected chi connectivity index (χ4v) is 1.62. The molecule has 2 saturated heterocycles. The van der Waals surface area contributed by atoms with Crippen LogP contribution >= 0.6 is 0 Å². The van der Waals surface area contributed by atoms with Crippen LogP contribution in [0.4, 0.5) is 0 Å². The Balaban J connectivity index is 2.17. The molecule has 2 heterocycles. The molecule has 14 heavy (non-hydrogen) atoms. The van der Waals surface area contributed by atoms with Gasteiger partial charge in [-0.1, -0.05) is 0 Å². The lowest BCUT2D eigenvalue weighted by Crippen LogP contribution is -2.53. The van der Waals surface area contributed by atoms with Crippen LogP contribution in [0.5, 0.6) is 0 Å². The second-order valence-electron chi connectivity index (χ2n) is 3.23. The Morgan fingerprint density at radius 1 is 1.71 bits per heavy atom. The number of carbonyl (C=O) groups is 2. The smallest absolute Gasteiger partial charge is 0.304 e. The Morgan fingerprint density at radius 3 is 2.93 bits per heavy atom. The van der Waals surface area contributed by atoms with Gasteiger partial charge in [-0.3, -0.25) is 14.5 Å². The Hall–Kier alpha value is -1.52. The maximum atomic E-state index is 11.2. The van der Waals surface area contributed by atoms with Crippen LogP contribution in [0.15, 0.2) is 11.8 Å². The monoisotopic (exact) mass is 197 g/mol. The van der Waals surface area contributed by atoms with Crippen molar-refractivity contribution in [3.63, 3.8) is 0 Å². The molecule has 0 N–H and O–H groups in total. The first-order chi connectivity index (χ1) is 6.63. The van der Waals surface area contributed by atoms with Crippen molar-refractivity contribution >= 4 is 11.9 Å². The average molecular weight is 197 g/mol. The second-order valence-corrected chi connectivity index (χ2v) is 3.23. The van der Waals surface area contributed by atoms with Crippen LogP contribution in [0, 0.1) is 0 Å². The molecule has 5 nitrogen and oxygen atoms in total. The Bertz CT molecular complexity index is 323. The molecule has 2 rings (SSSR count). The number of amides is 1. The van der Waals surface area contributed by atoms with Gasteiger partial charge in [0.15, 0.2) is 12.0 Å². The molecule has 0 bridgehead atoms. The zero-order chi connectivity index (χ0) is 10.3. The molecular formula is C9H11NO4. The topological polar surface area (TPSA) is 55.8 Å². The first-order valence-corrected chi connectivity index (χ1v) is 4.44. The van der Waals surface area contributed by atoms with Crippen LogP contribution in [0.3, 0.4) is 0 Å². The lowest BCUT2D eigenvalue weighted by atomic mass is 10.2. The van der Waals surface area contributed by atoms with Crippen molar-refractivity contribution in [3.8, 4) is 0 Å². The van der Waals surface area contributed by atoms with E-state index in [1.54, 1.807) is 13.0 Å². The number of hydrogen-bond acceptors (Lipinski definition) is 4. The summed E-state index contributed by atoms with van der Waals surface area (Å²) < 4.78 is 10.4. The highest BCUT2D eigenvalue weighted by atomic mass is 16.6. The van der Waals surface area contributed by atoms with Crippen LogP contribution in [0.1, 0.15) is 20.3 Å². The number of esters is 1. The van der Waals surface area contributed by atoms with Gasteiger partial charge in [0.1, 0.15) is 0 Å². The van der Waals surface area contributed by atoms with Crippen molar-refractivity contribution in [2.45, 2.75) is 32.7 Å². The molecule has 0 radical (unpaired) electrons. The lowest BCUT2D eigenvalue weighted by Gasteiger charge is -2.33. The van der Waals surface area contributed by atoms with E-state index >= 15 is 0 Å². The van der Waals surface area contributed by atoms with E-state index in [-0.39, 0.29) is 12.1 Å². The predicted molar refractivity (Wildman–Crippen MR) is 45.6 cm³/mol. The van der Waals surface area contributed by atoms with Crippen LogP contribution in [-0.4, -0.2) is 29.2 Å². The molecular weight excluding hydrogens is 186 g/mol. The summed E-state index contributed by atoms with van der Waals surface area (Å²) in [4.78, 5) is 23.4. The van der Waals surface area contributed by atoms with Crippen molar-refractivity contribution in [1.29, 1.82) is 0 Å². The van der Waals surface area contributed by atoms with Crippen molar-refractivity contribution in [3.05, 3.63) is 11.8 Å². The average Bonchev–Trinajstić information content (AvgIpc) is 2.35. The van der Waals surface area contributed by atoms with E-state index in [1.807, 2.05) is 0 Å². The van der Waals surface area contributed by atoms with Gasteiger partial charge in [0, 0.05) is 6.92 Å². The van der Waals surface area contributed by atoms with E-state index in [0.29, 0.717) is 12.2 Å². The number of fused-ring (bicyclic) bond motifs is 1. The summed E-state index contributed by atoms with van der Waals surface area (Å²) in [5.74, 6) is 0.0763. The first kappa shape index (κ1) is 9.05. The summed E-state index contributed by atoms with van der Waals surface area (Å²) in [5.41, 5.74) is 0. The summed E-state index contributed by atoms with van der Waals surface area (Å²) in [6.45, 7) is 3.09. The van der Waals surface area contributed by atoms with E-state index in [1.165, 1.54) is 11.8 Å². The number of rotatable bonds is 1. The van der Waals surface area contributed by atoms with Gasteiger partial charge in [-0.05, 0) is 13.0 Å². The third kappa shape index (κ3) is 1.16. The molecule has 0 aliphatic carbocycles. The van der Waals surface area contributed by atoms with Gasteiger partial charge in [0.05, 0.1) is 6.42 Å².